The van der Waals surface area contributed by atoms with Gasteiger partial charge in [-0.15, -0.1) is 0 Å². The smallest absolute Gasteiger partial charge is 0 e. The Morgan fingerprint density at radius 2 is 0.154 bits per heavy atom. The Bertz CT molecular complexity index is 5.09. The predicted molar refractivity (Wildman–Crippen MR) is 11.1 cm³/mol. The van der Waals surface area contributed by atoms with E-state index in [0.717, 1.165) is 0 Å². The fourth-order valence-electron chi connectivity index (χ4n) is 0. The predicted octanol–water partition coefficient (Wildman–Crippen LogP) is 0.0281. The third-order valence-electron chi connectivity index (χ3n) is 0. The van der Waals surface area contributed by atoms with E-state index < -0.39 is 0 Å². The molecule has 0 nitrogen and oxygen atoms in total. The summed E-state index contributed by atoms with van der Waals surface area (Å²) >= 11 is 0. The van der Waals surface area contributed by atoms with Gasteiger partial charge in [-0.25, -0.2) is 0 Å². The van der Waals surface area contributed by atoms with Crippen LogP contribution in [-0.2, 0) is 253 Å². The fourth-order valence-corrected chi connectivity index (χ4v) is 0. The molecule has 0 aromatic heterocycles. The zero-order valence-corrected chi connectivity index (χ0v) is 31.1. The molecule has 1 unspecified atom stereocenters. The van der Waals surface area contributed by atoms with Gasteiger partial charge in [-0.2, -0.15) is 9.90 Å². The molecule has 0 N–H and O–H groups in total. The Morgan fingerprint density at radius 1 is 0.154 bits per heavy atom. The van der Waals surface area contributed by atoms with Gasteiger partial charge in [-0.3, -0.25) is 0 Å². The van der Waals surface area contributed by atoms with Gasteiger partial charge in [0.2, 0.25) is 0 Å². The molecular weight excluding hydrogens is 1180 g/mol. The van der Waals surface area contributed by atoms with E-state index in [-0.39, 0.29) is 263 Å². The molecule has 0 fully saturated rings. The van der Waals surface area contributed by atoms with Gasteiger partial charge in [0.15, 0.2) is 0 Å². The van der Waals surface area contributed by atoms with Crippen molar-refractivity contribution in [3.05, 3.63) is 0 Å². The van der Waals surface area contributed by atoms with E-state index in [0.29, 0.717) is 0 Å². The Labute approximate surface area is 256 Å². The van der Waals surface area contributed by atoms with Crippen LogP contribution in [0.15, 0.2) is 0 Å². The normalized spacial score (nSPS) is 0. The Balaban J connectivity index is 0. The SMILES string of the molecule is P.[Mo].[Mo].[Mo].[Mo].[Mo].[Mo].[Mo].[Mo].[Mo].[Mo].[Mo].[Mo]. The first-order valence-corrected chi connectivity index (χ1v) is 0. The third kappa shape index (κ3) is 95.7. The molecule has 0 radical (unpaired) electrons. The second-order valence-corrected chi connectivity index (χ2v) is 0. The molecule has 80 valence electrons. The van der Waals surface area contributed by atoms with Crippen LogP contribution in [0.2, 0.25) is 0 Å². The molecule has 0 rings (SSSR count). The minimum Gasteiger partial charge on any atom is -0.153 e. The van der Waals surface area contributed by atoms with Crippen LogP contribution in [0.25, 0.3) is 0 Å². The minimum absolute atomic E-state index is 0. The molecule has 0 aromatic rings. The standard InChI is InChI=1S/12Mo.H3P/h;;;;;;;;;;;;1H3. The van der Waals surface area contributed by atoms with E-state index in [1.807, 2.05) is 0 Å². The molecular formula is H3Mo12P. The minimum atomic E-state index is 0. The van der Waals surface area contributed by atoms with Crippen molar-refractivity contribution >= 4 is 9.90 Å². The maximum absolute atomic E-state index is 0. The van der Waals surface area contributed by atoms with E-state index in [2.05, 4.69) is 0 Å². The van der Waals surface area contributed by atoms with Crippen molar-refractivity contribution in [1.82, 2.24) is 0 Å². The summed E-state index contributed by atoms with van der Waals surface area (Å²) in [5.41, 5.74) is 0. The van der Waals surface area contributed by atoms with Crippen LogP contribution in [0.5, 0.6) is 0 Å². The van der Waals surface area contributed by atoms with Gasteiger partial charge in [0.25, 0.3) is 0 Å². The molecule has 0 amide bonds. The largest absolute Gasteiger partial charge is 0.153 e. The average molecular weight is 1190 g/mol. The van der Waals surface area contributed by atoms with E-state index in [1.165, 1.54) is 0 Å². The number of rotatable bonds is 0. The zero-order valence-electron chi connectivity index (χ0n) is 5.61. The molecule has 0 saturated carbocycles. The molecule has 0 aliphatic rings. The van der Waals surface area contributed by atoms with Crippen LogP contribution in [0.4, 0.5) is 0 Å². The number of hydrogen-bond donors (Lipinski definition) is 0. The topological polar surface area (TPSA) is 0 Å². The van der Waals surface area contributed by atoms with Gasteiger partial charge in [0.1, 0.15) is 0 Å². The van der Waals surface area contributed by atoms with Gasteiger partial charge >= 0.3 is 0 Å². The molecule has 0 spiro atoms. The second-order valence-electron chi connectivity index (χ2n) is 0. The molecule has 0 saturated heterocycles. The molecule has 0 aliphatic heterocycles. The second kappa shape index (κ2) is 106. The first-order valence-electron chi connectivity index (χ1n) is 0. The summed E-state index contributed by atoms with van der Waals surface area (Å²) in [5.74, 6) is 0. The van der Waals surface area contributed by atoms with Crippen LogP contribution in [0.1, 0.15) is 0 Å². The van der Waals surface area contributed by atoms with Crippen LogP contribution in [0, 0.1) is 0 Å². The van der Waals surface area contributed by atoms with Gasteiger partial charge in [0.05, 0.1) is 0 Å². The van der Waals surface area contributed by atoms with E-state index in [1.54, 1.807) is 0 Å². The molecule has 0 bridgehead atoms. The monoisotopic (exact) mass is 1210 g/mol. The first kappa shape index (κ1) is 123. The summed E-state index contributed by atoms with van der Waals surface area (Å²) in [6.07, 6.45) is 0. The van der Waals surface area contributed by atoms with Crippen molar-refractivity contribution in [3.8, 4) is 0 Å². The maximum Gasteiger partial charge on any atom is 0 e. The molecule has 0 aromatic carbocycles. The Morgan fingerprint density at radius 3 is 0.154 bits per heavy atom. The van der Waals surface area contributed by atoms with E-state index in [4.69, 9.17) is 0 Å². The van der Waals surface area contributed by atoms with Crippen LogP contribution in [-0.4, -0.2) is 0 Å². The average Bonchev–Trinajstić information content (AvgIpc) is 0. The van der Waals surface area contributed by atoms with Crippen molar-refractivity contribution in [1.29, 1.82) is 0 Å². The summed E-state index contributed by atoms with van der Waals surface area (Å²) in [5, 5.41) is 0. The summed E-state index contributed by atoms with van der Waals surface area (Å²) in [6.45, 7) is 0. The molecule has 13 heteroatoms. The van der Waals surface area contributed by atoms with Gasteiger partial charge < -0.3 is 0 Å². The fraction of sp³-hybridized carbons (Fsp3) is 0. The van der Waals surface area contributed by atoms with Crippen molar-refractivity contribution in [2.24, 2.45) is 0 Å². The Hall–Kier alpha value is 8.69. The van der Waals surface area contributed by atoms with Gasteiger partial charge in [-0.05, 0) is 0 Å². The van der Waals surface area contributed by atoms with Gasteiger partial charge in [-0.1, -0.05) is 0 Å². The summed E-state index contributed by atoms with van der Waals surface area (Å²) in [4.78, 5) is 0. The van der Waals surface area contributed by atoms with Crippen LogP contribution >= 0.6 is 9.90 Å². The first-order chi connectivity index (χ1) is 0. The van der Waals surface area contributed by atoms with Gasteiger partial charge in [0, 0.05) is 253 Å². The van der Waals surface area contributed by atoms with E-state index >= 15 is 0 Å². The van der Waals surface area contributed by atoms with Crippen molar-refractivity contribution in [2.75, 3.05) is 0 Å². The van der Waals surface area contributed by atoms with E-state index in [9.17, 15) is 0 Å². The van der Waals surface area contributed by atoms with Crippen molar-refractivity contribution in [2.45, 2.75) is 0 Å². The van der Waals surface area contributed by atoms with Crippen LogP contribution in [0.3, 0.4) is 0 Å². The summed E-state index contributed by atoms with van der Waals surface area (Å²) in [7, 11) is 0. The molecule has 0 heterocycles. The number of hydrogen-bond acceptors (Lipinski definition) is 0. The molecule has 0 aliphatic carbocycles. The Kier molecular flexibility index (Phi) is 1000. The van der Waals surface area contributed by atoms with Crippen LogP contribution < -0.4 is 0 Å². The quantitative estimate of drug-likeness (QED) is 0.238. The summed E-state index contributed by atoms with van der Waals surface area (Å²) < 4.78 is 0. The molecule has 13 heavy (non-hydrogen) atoms. The van der Waals surface area contributed by atoms with Crippen molar-refractivity contribution < 1.29 is 253 Å². The maximum atomic E-state index is 0. The third-order valence-corrected chi connectivity index (χ3v) is 0. The van der Waals surface area contributed by atoms with Crippen molar-refractivity contribution in [3.63, 3.8) is 0 Å². The molecule has 1 atom stereocenters. The summed E-state index contributed by atoms with van der Waals surface area (Å²) in [6, 6.07) is 0. The zero-order chi connectivity index (χ0) is 0.